The lowest BCUT2D eigenvalue weighted by molar-refractivity contribution is -0.139. The zero-order valence-electron chi connectivity index (χ0n) is 16.8. The molecule has 1 unspecified atom stereocenters. The average Bonchev–Trinajstić information content (AvgIpc) is 3.16. The maximum atomic E-state index is 14.0. The number of carbonyl (C=O) groups excluding carboxylic acids is 1. The van der Waals surface area contributed by atoms with Crippen LogP contribution in [0.15, 0.2) is 59.8 Å². The predicted octanol–water partition coefficient (Wildman–Crippen LogP) is 3.94. The van der Waals surface area contributed by atoms with Gasteiger partial charge < -0.3 is 14.8 Å². The van der Waals surface area contributed by atoms with Crippen molar-refractivity contribution in [2.45, 2.75) is 19.9 Å². The summed E-state index contributed by atoms with van der Waals surface area (Å²) in [6.45, 7) is 3.74. The minimum Gasteiger partial charge on any atom is -0.497 e. The van der Waals surface area contributed by atoms with E-state index in [4.69, 9.17) is 9.47 Å². The maximum Gasteiger partial charge on any atom is 0.338 e. The molecule has 2 heterocycles. The van der Waals surface area contributed by atoms with Crippen molar-refractivity contribution in [2.24, 2.45) is 0 Å². The molecule has 7 nitrogen and oxygen atoms in total. The predicted molar refractivity (Wildman–Crippen MR) is 110 cm³/mol. The van der Waals surface area contributed by atoms with Gasteiger partial charge in [-0.15, -0.1) is 5.10 Å². The zero-order valence-corrected chi connectivity index (χ0v) is 16.8. The Bertz CT molecular complexity index is 1120. The molecule has 4 rings (SSSR count). The van der Waals surface area contributed by atoms with Crippen molar-refractivity contribution < 1.29 is 18.7 Å². The van der Waals surface area contributed by atoms with Gasteiger partial charge in [-0.3, -0.25) is 0 Å². The van der Waals surface area contributed by atoms with Gasteiger partial charge in [0.15, 0.2) is 5.82 Å². The van der Waals surface area contributed by atoms with Crippen molar-refractivity contribution in [3.05, 3.63) is 71.2 Å². The Morgan fingerprint density at radius 2 is 2.00 bits per heavy atom. The molecule has 0 saturated heterocycles. The average molecular weight is 408 g/mol. The van der Waals surface area contributed by atoms with Gasteiger partial charge in [-0.2, -0.15) is 4.98 Å². The third kappa shape index (κ3) is 3.52. The van der Waals surface area contributed by atoms with Gasteiger partial charge >= 0.3 is 5.97 Å². The number of allylic oxidation sites excluding steroid dienone is 1. The van der Waals surface area contributed by atoms with Gasteiger partial charge in [-0.1, -0.05) is 12.1 Å². The summed E-state index contributed by atoms with van der Waals surface area (Å²) in [5.74, 6) is 0.772. The van der Waals surface area contributed by atoms with Crippen molar-refractivity contribution in [1.82, 2.24) is 14.8 Å². The van der Waals surface area contributed by atoms with Crippen LogP contribution in [0.1, 0.15) is 25.5 Å². The monoisotopic (exact) mass is 408 g/mol. The van der Waals surface area contributed by atoms with E-state index < -0.39 is 17.8 Å². The molecule has 1 aliphatic heterocycles. The second kappa shape index (κ2) is 7.98. The van der Waals surface area contributed by atoms with Crippen LogP contribution in [-0.2, 0) is 9.53 Å². The van der Waals surface area contributed by atoms with Crippen LogP contribution in [0.4, 0.5) is 10.3 Å². The van der Waals surface area contributed by atoms with Gasteiger partial charge in [0.25, 0.3) is 0 Å². The summed E-state index contributed by atoms with van der Waals surface area (Å²) in [5, 5.41) is 7.76. The van der Waals surface area contributed by atoms with Crippen molar-refractivity contribution >= 4 is 11.9 Å². The fourth-order valence-electron chi connectivity index (χ4n) is 3.47. The number of hydrogen-bond donors (Lipinski definition) is 1. The number of esters is 1. The van der Waals surface area contributed by atoms with Crippen LogP contribution >= 0.6 is 0 Å². The van der Waals surface area contributed by atoms with Crippen molar-refractivity contribution in [3.8, 4) is 17.1 Å². The summed E-state index contributed by atoms with van der Waals surface area (Å²) >= 11 is 0. The minimum atomic E-state index is -0.671. The van der Waals surface area contributed by atoms with Crippen LogP contribution in [0.3, 0.4) is 0 Å². The Balaban J connectivity index is 1.83. The molecule has 0 radical (unpaired) electrons. The second-order valence-corrected chi connectivity index (χ2v) is 6.77. The van der Waals surface area contributed by atoms with Gasteiger partial charge in [0.2, 0.25) is 5.95 Å². The lowest BCUT2D eigenvalue weighted by Crippen LogP contribution is -2.29. The quantitative estimate of drug-likeness (QED) is 0.644. The first-order chi connectivity index (χ1) is 14.5. The number of aromatic nitrogens is 3. The molecule has 0 fully saturated rings. The summed E-state index contributed by atoms with van der Waals surface area (Å²) in [6.07, 6.45) is 0. The molecule has 1 N–H and O–H groups in total. The third-order valence-corrected chi connectivity index (χ3v) is 4.86. The number of methoxy groups -OCH3 is 1. The summed E-state index contributed by atoms with van der Waals surface area (Å²) < 4.78 is 26.1. The molecule has 0 bridgehead atoms. The molecule has 0 saturated carbocycles. The number of rotatable bonds is 5. The third-order valence-electron chi connectivity index (χ3n) is 4.86. The van der Waals surface area contributed by atoms with E-state index in [1.807, 2.05) is 24.3 Å². The molecule has 1 atom stereocenters. The number of nitrogens with one attached hydrogen (secondary N) is 1. The molecular weight excluding hydrogens is 387 g/mol. The summed E-state index contributed by atoms with van der Waals surface area (Å²) in [4.78, 5) is 17.3. The molecule has 3 aromatic rings. The second-order valence-electron chi connectivity index (χ2n) is 6.77. The van der Waals surface area contributed by atoms with E-state index in [-0.39, 0.29) is 6.61 Å². The first-order valence-electron chi connectivity index (χ1n) is 9.53. The molecule has 154 valence electrons. The molecule has 1 aliphatic rings. The summed E-state index contributed by atoms with van der Waals surface area (Å²) in [5.41, 5.74) is 2.31. The number of carbonyl (C=O) groups is 1. The van der Waals surface area contributed by atoms with Gasteiger partial charge in [0.1, 0.15) is 17.6 Å². The standard InChI is InChI=1S/C22H21FN4O3/c1-4-30-21(28)18-13(2)24-22-25-20(14-8-10-17(29-3)11-9-14)26-27(22)19(18)15-6-5-7-16(23)12-15/h5-12,19H,4H2,1-3H3,(H,24,25,26). The number of anilines is 1. The van der Waals surface area contributed by atoms with E-state index in [1.165, 1.54) is 12.1 Å². The highest BCUT2D eigenvalue weighted by Gasteiger charge is 2.35. The molecule has 30 heavy (non-hydrogen) atoms. The first kappa shape index (κ1) is 19.6. The minimum absolute atomic E-state index is 0.229. The van der Waals surface area contributed by atoms with Crippen molar-refractivity contribution in [3.63, 3.8) is 0 Å². The van der Waals surface area contributed by atoms with Gasteiger partial charge in [0, 0.05) is 11.3 Å². The normalized spacial score (nSPS) is 15.4. The van der Waals surface area contributed by atoms with E-state index in [9.17, 15) is 9.18 Å². The fraction of sp³-hybridized carbons (Fsp3) is 0.227. The SMILES string of the molecule is CCOC(=O)C1=C(C)Nc2nc(-c3ccc(OC)cc3)nn2C1c1cccc(F)c1. The van der Waals surface area contributed by atoms with Crippen LogP contribution in [0, 0.1) is 5.82 Å². The molecule has 2 aromatic carbocycles. The molecule has 0 spiro atoms. The van der Waals surface area contributed by atoms with E-state index in [0.29, 0.717) is 28.6 Å². The Labute approximate surface area is 173 Å². The lowest BCUT2D eigenvalue weighted by atomic mass is 9.96. The molecule has 0 amide bonds. The number of benzene rings is 2. The highest BCUT2D eigenvalue weighted by molar-refractivity contribution is 5.92. The number of fused-ring (bicyclic) bond motifs is 1. The van der Waals surface area contributed by atoms with Crippen LogP contribution in [0.5, 0.6) is 5.75 Å². The van der Waals surface area contributed by atoms with Gasteiger partial charge in [-0.25, -0.2) is 13.9 Å². The number of hydrogen-bond acceptors (Lipinski definition) is 6. The van der Waals surface area contributed by atoms with Gasteiger partial charge in [0.05, 0.1) is 19.3 Å². The van der Waals surface area contributed by atoms with E-state index in [0.717, 1.165) is 11.3 Å². The van der Waals surface area contributed by atoms with Crippen LogP contribution in [0.25, 0.3) is 11.4 Å². The smallest absolute Gasteiger partial charge is 0.338 e. The Hall–Kier alpha value is -3.68. The molecule has 1 aromatic heterocycles. The van der Waals surface area contributed by atoms with E-state index in [1.54, 1.807) is 37.8 Å². The van der Waals surface area contributed by atoms with E-state index >= 15 is 0 Å². The van der Waals surface area contributed by atoms with Crippen LogP contribution < -0.4 is 10.1 Å². The molecular formula is C22H21FN4O3. The molecule has 8 heteroatoms. The summed E-state index contributed by atoms with van der Waals surface area (Å²) in [6, 6.07) is 12.8. The number of nitrogens with zero attached hydrogens (tertiary/aromatic N) is 3. The highest BCUT2D eigenvalue weighted by atomic mass is 19.1. The fourth-order valence-corrected chi connectivity index (χ4v) is 3.47. The largest absolute Gasteiger partial charge is 0.497 e. The molecule has 0 aliphatic carbocycles. The van der Waals surface area contributed by atoms with Gasteiger partial charge in [-0.05, 0) is 55.8 Å². The summed E-state index contributed by atoms with van der Waals surface area (Å²) in [7, 11) is 1.60. The zero-order chi connectivity index (χ0) is 21.3. The highest BCUT2D eigenvalue weighted by Crippen LogP contribution is 2.37. The first-order valence-corrected chi connectivity index (χ1v) is 9.53. The van der Waals surface area contributed by atoms with E-state index in [2.05, 4.69) is 15.4 Å². The number of ether oxygens (including phenoxy) is 2. The maximum absolute atomic E-state index is 14.0. The van der Waals surface area contributed by atoms with Crippen molar-refractivity contribution in [1.29, 1.82) is 0 Å². The van der Waals surface area contributed by atoms with Crippen molar-refractivity contribution in [2.75, 3.05) is 19.0 Å². The topological polar surface area (TPSA) is 78.3 Å². The lowest BCUT2D eigenvalue weighted by Gasteiger charge is -2.28. The Morgan fingerprint density at radius 1 is 1.23 bits per heavy atom. The number of halogens is 1. The Morgan fingerprint density at radius 3 is 2.67 bits per heavy atom. The Kier molecular flexibility index (Phi) is 5.22. The van der Waals surface area contributed by atoms with Crippen LogP contribution in [0.2, 0.25) is 0 Å². The van der Waals surface area contributed by atoms with Crippen LogP contribution in [-0.4, -0.2) is 34.5 Å².